The van der Waals surface area contributed by atoms with Crippen molar-refractivity contribution in [2.45, 2.75) is 0 Å². The summed E-state index contributed by atoms with van der Waals surface area (Å²) in [6.45, 7) is 0.204. The zero-order chi connectivity index (χ0) is 15.2. The SMILES string of the molecule is CN(C)C(=O)CNc1cccc(C(=O)c2ccccc2)c1. The van der Waals surface area contributed by atoms with E-state index in [9.17, 15) is 9.59 Å². The van der Waals surface area contributed by atoms with E-state index in [0.717, 1.165) is 5.69 Å². The minimum atomic E-state index is -0.0295. The fourth-order valence-electron chi connectivity index (χ4n) is 1.86. The molecule has 1 amide bonds. The van der Waals surface area contributed by atoms with E-state index in [2.05, 4.69) is 5.32 Å². The maximum atomic E-state index is 12.3. The predicted octanol–water partition coefficient (Wildman–Crippen LogP) is 2.42. The molecular weight excluding hydrogens is 264 g/mol. The largest absolute Gasteiger partial charge is 0.376 e. The molecule has 0 radical (unpaired) electrons. The van der Waals surface area contributed by atoms with Gasteiger partial charge in [0.2, 0.25) is 5.91 Å². The van der Waals surface area contributed by atoms with Crippen molar-refractivity contribution in [1.29, 1.82) is 0 Å². The highest BCUT2D eigenvalue weighted by Gasteiger charge is 2.09. The molecule has 2 aromatic rings. The van der Waals surface area contributed by atoms with E-state index in [1.807, 2.05) is 24.3 Å². The molecule has 0 aliphatic rings. The number of benzene rings is 2. The summed E-state index contributed by atoms with van der Waals surface area (Å²) in [7, 11) is 3.42. The van der Waals surface area contributed by atoms with Gasteiger partial charge in [-0.1, -0.05) is 42.5 Å². The maximum Gasteiger partial charge on any atom is 0.241 e. The molecule has 0 aliphatic heterocycles. The first-order chi connectivity index (χ1) is 10.1. The number of amides is 1. The lowest BCUT2D eigenvalue weighted by molar-refractivity contribution is -0.126. The summed E-state index contributed by atoms with van der Waals surface area (Å²) < 4.78 is 0. The summed E-state index contributed by atoms with van der Waals surface area (Å²) >= 11 is 0. The second kappa shape index (κ2) is 6.70. The van der Waals surface area contributed by atoms with E-state index in [1.54, 1.807) is 44.4 Å². The van der Waals surface area contributed by atoms with Gasteiger partial charge in [-0.2, -0.15) is 0 Å². The molecule has 4 heteroatoms. The lowest BCUT2D eigenvalue weighted by atomic mass is 10.0. The van der Waals surface area contributed by atoms with Gasteiger partial charge in [0.1, 0.15) is 0 Å². The second-order valence-electron chi connectivity index (χ2n) is 4.92. The van der Waals surface area contributed by atoms with Crippen LogP contribution in [0.4, 0.5) is 5.69 Å². The maximum absolute atomic E-state index is 12.3. The zero-order valence-corrected chi connectivity index (χ0v) is 12.2. The van der Waals surface area contributed by atoms with Crippen molar-refractivity contribution in [3.05, 3.63) is 65.7 Å². The zero-order valence-electron chi connectivity index (χ0n) is 12.2. The van der Waals surface area contributed by atoms with E-state index in [4.69, 9.17) is 0 Å². The molecule has 0 heterocycles. The van der Waals surface area contributed by atoms with Gasteiger partial charge in [0.25, 0.3) is 0 Å². The average molecular weight is 282 g/mol. The van der Waals surface area contributed by atoms with Crippen LogP contribution in [0.2, 0.25) is 0 Å². The van der Waals surface area contributed by atoms with Gasteiger partial charge in [0.05, 0.1) is 6.54 Å². The number of hydrogen-bond acceptors (Lipinski definition) is 3. The highest BCUT2D eigenvalue weighted by molar-refractivity contribution is 6.09. The van der Waals surface area contributed by atoms with Crippen molar-refractivity contribution in [3.63, 3.8) is 0 Å². The second-order valence-corrected chi connectivity index (χ2v) is 4.92. The van der Waals surface area contributed by atoms with Crippen LogP contribution in [0.15, 0.2) is 54.6 Å². The van der Waals surface area contributed by atoms with Crippen molar-refractivity contribution in [3.8, 4) is 0 Å². The summed E-state index contributed by atoms with van der Waals surface area (Å²) in [5.41, 5.74) is 2.01. The minimum absolute atomic E-state index is 0.0187. The number of nitrogens with one attached hydrogen (secondary N) is 1. The van der Waals surface area contributed by atoms with E-state index in [1.165, 1.54) is 4.90 Å². The molecule has 0 atom stereocenters. The molecule has 0 saturated carbocycles. The van der Waals surface area contributed by atoms with E-state index in [-0.39, 0.29) is 18.2 Å². The normalized spacial score (nSPS) is 10.0. The Morgan fingerprint density at radius 3 is 2.29 bits per heavy atom. The Balaban J connectivity index is 2.11. The Morgan fingerprint density at radius 2 is 1.62 bits per heavy atom. The van der Waals surface area contributed by atoms with E-state index < -0.39 is 0 Å². The number of ketones is 1. The van der Waals surface area contributed by atoms with Gasteiger partial charge in [-0.15, -0.1) is 0 Å². The highest BCUT2D eigenvalue weighted by atomic mass is 16.2. The topological polar surface area (TPSA) is 49.4 Å². The molecular formula is C17H18N2O2. The molecule has 2 rings (SSSR count). The number of nitrogens with zero attached hydrogens (tertiary/aromatic N) is 1. The number of anilines is 1. The number of rotatable bonds is 5. The van der Waals surface area contributed by atoms with Gasteiger partial charge in [-0.25, -0.2) is 0 Å². The quantitative estimate of drug-likeness (QED) is 0.857. The van der Waals surface area contributed by atoms with Crippen LogP contribution in [0.1, 0.15) is 15.9 Å². The van der Waals surface area contributed by atoms with Crippen LogP contribution < -0.4 is 5.32 Å². The highest BCUT2D eigenvalue weighted by Crippen LogP contribution is 2.14. The van der Waals surface area contributed by atoms with Crippen molar-refractivity contribution in [2.24, 2.45) is 0 Å². The van der Waals surface area contributed by atoms with E-state index in [0.29, 0.717) is 11.1 Å². The van der Waals surface area contributed by atoms with Crippen molar-refractivity contribution in [2.75, 3.05) is 26.0 Å². The summed E-state index contributed by atoms with van der Waals surface area (Å²) in [5.74, 6) is -0.0482. The van der Waals surface area contributed by atoms with Crippen LogP contribution in [0.25, 0.3) is 0 Å². The summed E-state index contributed by atoms with van der Waals surface area (Å²) in [5, 5.41) is 3.03. The third-order valence-corrected chi connectivity index (χ3v) is 3.10. The van der Waals surface area contributed by atoms with Crippen molar-refractivity contribution in [1.82, 2.24) is 4.90 Å². The molecule has 2 aromatic carbocycles. The summed E-state index contributed by atoms with van der Waals surface area (Å²) in [6.07, 6.45) is 0. The average Bonchev–Trinajstić information content (AvgIpc) is 2.53. The first-order valence-corrected chi connectivity index (χ1v) is 6.72. The van der Waals surface area contributed by atoms with Gasteiger partial charge in [0.15, 0.2) is 5.78 Å². The molecule has 0 fully saturated rings. The molecule has 108 valence electrons. The van der Waals surface area contributed by atoms with Gasteiger partial charge in [0, 0.05) is 30.9 Å². The summed E-state index contributed by atoms with van der Waals surface area (Å²) in [4.78, 5) is 25.4. The third kappa shape index (κ3) is 3.92. The number of carbonyl (C=O) groups excluding carboxylic acids is 2. The fraction of sp³-hybridized carbons (Fsp3) is 0.176. The molecule has 0 aromatic heterocycles. The molecule has 0 saturated heterocycles. The molecule has 0 bridgehead atoms. The molecule has 0 spiro atoms. The van der Waals surface area contributed by atoms with Crippen LogP contribution in [-0.4, -0.2) is 37.2 Å². The Labute approximate surface area is 124 Å². The Kier molecular flexibility index (Phi) is 4.72. The van der Waals surface area contributed by atoms with Crippen molar-refractivity contribution < 1.29 is 9.59 Å². The first kappa shape index (κ1) is 14.8. The molecule has 4 nitrogen and oxygen atoms in total. The number of hydrogen-bond donors (Lipinski definition) is 1. The predicted molar refractivity (Wildman–Crippen MR) is 83.5 cm³/mol. The monoisotopic (exact) mass is 282 g/mol. The van der Waals surface area contributed by atoms with E-state index >= 15 is 0 Å². The Hall–Kier alpha value is -2.62. The van der Waals surface area contributed by atoms with Crippen LogP contribution in [0, 0.1) is 0 Å². The Bertz CT molecular complexity index is 636. The Morgan fingerprint density at radius 1 is 0.952 bits per heavy atom. The van der Waals surface area contributed by atoms with Crippen LogP contribution in [0.3, 0.4) is 0 Å². The third-order valence-electron chi connectivity index (χ3n) is 3.10. The standard InChI is InChI=1S/C17H18N2O2/c1-19(2)16(20)12-18-15-10-6-9-14(11-15)17(21)13-7-4-3-5-8-13/h3-11,18H,12H2,1-2H3. The lowest BCUT2D eigenvalue weighted by Gasteiger charge is -2.12. The van der Waals surface area contributed by atoms with Gasteiger partial charge < -0.3 is 10.2 Å². The van der Waals surface area contributed by atoms with Gasteiger partial charge >= 0.3 is 0 Å². The first-order valence-electron chi connectivity index (χ1n) is 6.72. The molecule has 21 heavy (non-hydrogen) atoms. The molecule has 1 N–H and O–H groups in total. The smallest absolute Gasteiger partial charge is 0.241 e. The van der Waals surface area contributed by atoms with Crippen molar-refractivity contribution >= 4 is 17.4 Å². The van der Waals surface area contributed by atoms with Crippen LogP contribution in [0.5, 0.6) is 0 Å². The number of likely N-dealkylation sites (N-methyl/N-ethyl adjacent to an activating group) is 1. The van der Waals surface area contributed by atoms with Crippen LogP contribution in [-0.2, 0) is 4.79 Å². The molecule has 0 unspecified atom stereocenters. The fourth-order valence-corrected chi connectivity index (χ4v) is 1.86. The van der Waals surface area contributed by atoms with Gasteiger partial charge in [-0.05, 0) is 12.1 Å². The number of carbonyl (C=O) groups is 2. The van der Waals surface area contributed by atoms with Gasteiger partial charge in [-0.3, -0.25) is 9.59 Å². The minimum Gasteiger partial charge on any atom is -0.376 e. The molecule has 0 aliphatic carbocycles. The summed E-state index contributed by atoms with van der Waals surface area (Å²) in [6, 6.07) is 16.3. The lowest BCUT2D eigenvalue weighted by Crippen LogP contribution is -2.28. The van der Waals surface area contributed by atoms with Crippen LogP contribution >= 0.6 is 0 Å².